The van der Waals surface area contributed by atoms with E-state index in [9.17, 15) is 0 Å². The number of nitrogens with zero attached hydrogens (tertiary/aromatic N) is 3. The Morgan fingerprint density at radius 2 is 1.50 bits per heavy atom. The van der Waals surface area contributed by atoms with E-state index >= 15 is 0 Å². The van der Waals surface area contributed by atoms with Gasteiger partial charge in [0.05, 0.1) is 6.54 Å². The number of para-hydroxylation sites is 1. The number of aromatic nitrogens is 2. The summed E-state index contributed by atoms with van der Waals surface area (Å²) in [6.45, 7) is 4.43. The topological polar surface area (TPSA) is 105 Å². The molecule has 38 heavy (non-hydrogen) atoms. The minimum atomic E-state index is 0.226. The molecule has 1 aliphatic heterocycles. The van der Waals surface area contributed by atoms with Crippen LogP contribution in [0.5, 0.6) is 11.5 Å². The van der Waals surface area contributed by atoms with Gasteiger partial charge < -0.3 is 25.4 Å². The molecule has 10 heteroatoms. The largest absolute Gasteiger partial charge is 0.454 e. The van der Waals surface area contributed by atoms with Crippen LogP contribution in [-0.4, -0.2) is 27.8 Å². The minimum absolute atomic E-state index is 0.226. The first-order valence-electron chi connectivity index (χ1n) is 12.0. The Hall–Kier alpha value is -4.70. The van der Waals surface area contributed by atoms with E-state index in [1.165, 1.54) is 0 Å². The lowest BCUT2D eigenvalue weighted by molar-refractivity contribution is 0.174. The van der Waals surface area contributed by atoms with Crippen LogP contribution in [0, 0.1) is 13.8 Å². The highest BCUT2D eigenvalue weighted by molar-refractivity contribution is 7.80. The summed E-state index contributed by atoms with van der Waals surface area (Å²) >= 11 is 5.58. The zero-order valence-electron chi connectivity index (χ0n) is 21.0. The molecule has 4 N–H and O–H groups in total. The van der Waals surface area contributed by atoms with Crippen LogP contribution in [0.25, 0.3) is 0 Å². The molecular formula is C28H27N7O2S. The number of aryl methyl sites for hydroxylation is 2. The van der Waals surface area contributed by atoms with Crippen LogP contribution in [0.3, 0.4) is 0 Å². The van der Waals surface area contributed by atoms with Crippen molar-refractivity contribution in [3.63, 3.8) is 0 Å². The highest BCUT2D eigenvalue weighted by Crippen LogP contribution is 2.32. The highest BCUT2D eigenvalue weighted by atomic mass is 32.1. The van der Waals surface area contributed by atoms with E-state index in [2.05, 4.69) is 31.2 Å². The number of guanidine groups is 1. The summed E-state index contributed by atoms with van der Waals surface area (Å²) in [5, 5.41) is 13.2. The third-order valence-electron chi connectivity index (χ3n) is 5.51. The average molecular weight is 526 g/mol. The van der Waals surface area contributed by atoms with Crippen LogP contribution in [0.4, 0.5) is 23.0 Å². The van der Waals surface area contributed by atoms with Gasteiger partial charge in [-0.3, -0.25) is 5.32 Å². The van der Waals surface area contributed by atoms with Gasteiger partial charge in [0.25, 0.3) is 0 Å². The van der Waals surface area contributed by atoms with Crippen molar-refractivity contribution in [1.29, 1.82) is 0 Å². The van der Waals surface area contributed by atoms with Gasteiger partial charge >= 0.3 is 0 Å². The van der Waals surface area contributed by atoms with E-state index in [-0.39, 0.29) is 6.79 Å². The molecule has 2 heterocycles. The molecule has 0 radical (unpaired) electrons. The van der Waals surface area contributed by atoms with Crippen LogP contribution in [0.2, 0.25) is 0 Å². The van der Waals surface area contributed by atoms with Gasteiger partial charge in [0.2, 0.25) is 18.7 Å². The molecule has 0 spiro atoms. The van der Waals surface area contributed by atoms with Gasteiger partial charge in [-0.05, 0) is 86.2 Å². The predicted molar refractivity (Wildman–Crippen MR) is 154 cm³/mol. The first-order chi connectivity index (χ1) is 18.5. The van der Waals surface area contributed by atoms with Gasteiger partial charge in [0.15, 0.2) is 16.6 Å². The number of rotatable bonds is 6. The Balaban J connectivity index is 1.27. The fourth-order valence-electron chi connectivity index (χ4n) is 3.80. The van der Waals surface area contributed by atoms with Crippen molar-refractivity contribution in [3.8, 4) is 11.5 Å². The summed E-state index contributed by atoms with van der Waals surface area (Å²) in [5.74, 6) is 2.28. The van der Waals surface area contributed by atoms with Crippen molar-refractivity contribution in [2.75, 3.05) is 22.7 Å². The number of fused-ring (bicyclic) bond motifs is 1. The van der Waals surface area contributed by atoms with E-state index in [1.54, 1.807) is 0 Å². The maximum absolute atomic E-state index is 5.58. The molecular weight excluding hydrogens is 498 g/mol. The number of hydrogen-bond acceptors (Lipinski definition) is 7. The Labute approximate surface area is 226 Å². The monoisotopic (exact) mass is 525 g/mol. The van der Waals surface area contributed by atoms with Crippen molar-refractivity contribution in [3.05, 3.63) is 95.8 Å². The van der Waals surface area contributed by atoms with Gasteiger partial charge in [-0.2, -0.15) is 0 Å². The van der Waals surface area contributed by atoms with Crippen molar-refractivity contribution in [2.45, 2.75) is 20.4 Å². The molecule has 192 valence electrons. The van der Waals surface area contributed by atoms with E-state index in [0.29, 0.717) is 29.3 Å². The number of aliphatic imine (C=N–C) groups is 1. The molecule has 9 nitrogen and oxygen atoms in total. The lowest BCUT2D eigenvalue weighted by atomic mass is 10.2. The first-order valence-corrected chi connectivity index (χ1v) is 12.4. The van der Waals surface area contributed by atoms with E-state index in [1.807, 2.05) is 92.7 Å². The molecule has 0 unspecified atom stereocenters. The highest BCUT2D eigenvalue weighted by Gasteiger charge is 2.13. The Morgan fingerprint density at radius 3 is 2.26 bits per heavy atom. The molecule has 0 amide bonds. The molecule has 0 bridgehead atoms. The van der Waals surface area contributed by atoms with Crippen molar-refractivity contribution >= 4 is 46.3 Å². The number of nitrogens with one attached hydrogen (secondary N) is 4. The van der Waals surface area contributed by atoms with Crippen molar-refractivity contribution in [1.82, 2.24) is 15.3 Å². The normalized spacial score (nSPS) is 12.1. The summed E-state index contributed by atoms with van der Waals surface area (Å²) in [5.41, 5.74) is 5.48. The number of ether oxygens (including phenoxy) is 2. The Bertz CT molecular complexity index is 1440. The second-order valence-corrected chi connectivity index (χ2v) is 9.01. The van der Waals surface area contributed by atoms with Crippen molar-refractivity contribution < 1.29 is 9.47 Å². The smallest absolute Gasteiger partial charge is 0.231 e. The predicted octanol–water partition coefficient (Wildman–Crippen LogP) is 5.52. The van der Waals surface area contributed by atoms with Gasteiger partial charge in [0, 0.05) is 28.5 Å². The van der Waals surface area contributed by atoms with Crippen LogP contribution in [0.15, 0.2) is 83.9 Å². The number of anilines is 4. The SMILES string of the molecule is Cc1cc(C)nc(NC(=NCc2ccc3c(c2)OCO3)NC(=S)Nc2ccc(Nc3ccccc3)cc2)n1. The first kappa shape index (κ1) is 25.0. The zero-order chi connectivity index (χ0) is 26.3. The van der Waals surface area contributed by atoms with E-state index in [0.717, 1.165) is 39.8 Å². The quantitative estimate of drug-likeness (QED) is 0.147. The maximum Gasteiger partial charge on any atom is 0.231 e. The van der Waals surface area contributed by atoms with Crippen LogP contribution >= 0.6 is 12.2 Å². The molecule has 4 aromatic rings. The molecule has 1 aliphatic rings. The lowest BCUT2D eigenvalue weighted by Crippen LogP contribution is -2.39. The zero-order valence-corrected chi connectivity index (χ0v) is 21.8. The molecule has 3 aromatic carbocycles. The number of thiocarbonyl (C=S) groups is 1. The van der Waals surface area contributed by atoms with Gasteiger partial charge in [-0.15, -0.1) is 0 Å². The van der Waals surface area contributed by atoms with Crippen molar-refractivity contribution in [2.24, 2.45) is 4.99 Å². The fourth-order valence-corrected chi connectivity index (χ4v) is 4.02. The van der Waals surface area contributed by atoms with Gasteiger partial charge in [-0.25, -0.2) is 15.0 Å². The van der Waals surface area contributed by atoms with E-state index in [4.69, 9.17) is 26.7 Å². The second-order valence-electron chi connectivity index (χ2n) is 8.60. The summed E-state index contributed by atoms with van der Waals surface area (Å²) in [6, 6.07) is 25.5. The number of hydrogen-bond donors (Lipinski definition) is 4. The summed E-state index contributed by atoms with van der Waals surface area (Å²) < 4.78 is 10.9. The maximum atomic E-state index is 5.58. The molecule has 0 saturated heterocycles. The molecule has 0 atom stereocenters. The summed E-state index contributed by atoms with van der Waals surface area (Å²) in [7, 11) is 0. The average Bonchev–Trinajstić information content (AvgIpc) is 3.36. The second kappa shape index (κ2) is 11.6. The molecule has 1 aromatic heterocycles. The molecule has 5 rings (SSSR count). The fraction of sp³-hybridized carbons (Fsp3) is 0.143. The van der Waals surface area contributed by atoms with E-state index < -0.39 is 0 Å². The van der Waals surface area contributed by atoms with Crippen LogP contribution in [0.1, 0.15) is 17.0 Å². The Kier molecular flexibility index (Phi) is 7.60. The van der Waals surface area contributed by atoms with Crippen LogP contribution < -0.4 is 30.7 Å². The summed E-state index contributed by atoms with van der Waals surface area (Å²) in [6.07, 6.45) is 0. The number of benzene rings is 3. The molecule has 0 saturated carbocycles. The molecule has 0 fully saturated rings. The third kappa shape index (κ3) is 6.74. The van der Waals surface area contributed by atoms with Gasteiger partial charge in [0.1, 0.15) is 0 Å². The minimum Gasteiger partial charge on any atom is -0.454 e. The Morgan fingerprint density at radius 1 is 0.816 bits per heavy atom. The van der Waals surface area contributed by atoms with Gasteiger partial charge in [-0.1, -0.05) is 24.3 Å². The summed E-state index contributed by atoms with van der Waals surface area (Å²) in [4.78, 5) is 13.6. The third-order valence-corrected chi connectivity index (χ3v) is 5.71. The molecule has 0 aliphatic carbocycles. The van der Waals surface area contributed by atoms with Crippen LogP contribution in [-0.2, 0) is 6.54 Å². The standard InChI is InChI=1S/C28H27N7O2S/c1-18-14-19(2)31-27(30-18)34-26(29-16-20-8-13-24-25(15-20)37-17-36-24)35-28(38)33-23-11-9-22(10-12-23)32-21-6-4-3-5-7-21/h3-15,32H,16-17H2,1-2H3,(H3,29,30,31,33,34,35,38). The lowest BCUT2D eigenvalue weighted by Gasteiger charge is -2.15.